The molecule has 0 atom stereocenters. The number of hydrogen-bond donors (Lipinski definition) is 1. The first-order chi connectivity index (χ1) is 7.33. The maximum Gasteiger partial charge on any atom is 0.223 e. The Hall–Kier alpha value is -1.09. The summed E-state index contributed by atoms with van der Waals surface area (Å²) in [6.45, 7) is 0. The van der Waals surface area contributed by atoms with Crippen LogP contribution >= 0.6 is 11.6 Å². The van der Waals surface area contributed by atoms with Crippen LogP contribution < -0.4 is 0 Å². The maximum absolute atomic E-state index is 5.75. The Morgan fingerprint density at radius 3 is 2.93 bits per heavy atom. The zero-order chi connectivity index (χ0) is 10.3. The third-order valence-electron chi connectivity index (χ3n) is 3.16. The Bertz CT molecular complexity index is 486. The van der Waals surface area contributed by atoms with Crippen LogP contribution in [0.25, 0.3) is 11.0 Å². The molecular weight excluding hydrogens is 210 g/mol. The molecule has 3 nitrogen and oxygen atoms in total. The molecule has 1 N–H and O–H groups in total. The molecule has 78 valence electrons. The second-order valence-corrected chi connectivity index (χ2v) is 4.48. The van der Waals surface area contributed by atoms with Crippen molar-refractivity contribution in [3.05, 3.63) is 23.2 Å². The molecule has 4 heteroatoms. The summed E-state index contributed by atoms with van der Waals surface area (Å²) in [5.41, 5.74) is 3.21. The van der Waals surface area contributed by atoms with E-state index < -0.39 is 0 Å². The van der Waals surface area contributed by atoms with E-state index in [1.165, 1.54) is 31.4 Å². The maximum atomic E-state index is 5.75. The molecule has 2 heterocycles. The summed E-state index contributed by atoms with van der Waals surface area (Å²) in [5, 5.41) is 0.319. The van der Waals surface area contributed by atoms with Crippen molar-refractivity contribution in [1.29, 1.82) is 0 Å². The zero-order valence-corrected chi connectivity index (χ0v) is 9.09. The number of nitrogens with one attached hydrogen (secondary N) is 1. The normalized spacial score (nSPS) is 17.7. The molecule has 0 aliphatic heterocycles. The summed E-state index contributed by atoms with van der Waals surface area (Å²) >= 11 is 5.75. The van der Waals surface area contributed by atoms with E-state index in [1.807, 2.05) is 0 Å². The first-order valence-electron chi connectivity index (χ1n) is 5.34. The van der Waals surface area contributed by atoms with E-state index in [1.54, 1.807) is 6.20 Å². The van der Waals surface area contributed by atoms with E-state index in [9.17, 15) is 0 Å². The Kier molecular flexibility index (Phi) is 2.13. The Morgan fingerprint density at radius 1 is 1.33 bits per heavy atom. The Labute approximate surface area is 92.9 Å². The number of fused-ring (bicyclic) bond motifs is 1. The van der Waals surface area contributed by atoms with Crippen molar-refractivity contribution in [2.24, 2.45) is 0 Å². The zero-order valence-electron chi connectivity index (χ0n) is 8.33. The lowest BCUT2D eigenvalue weighted by Gasteiger charge is -2.04. The minimum absolute atomic E-state index is 0.319. The third kappa shape index (κ3) is 1.61. The molecule has 0 bridgehead atoms. The average Bonchev–Trinajstić information content (AvgIpc) is 2.84. The highest BCUT2D eigenvalue weighted by Crippen LogP contribution is 2.34. The van der Waals surface area contributed by atoms with Crippen molar-refractivity contribution in [3.8, 4) is 0 Å². The summed E-state index contributed by atoms with van der Waals surface area (Å²) in [6.07, 6.45) is 7.00. The van der Waals surface area contributed by atoms with Crippen LogP contribution in [-0.4, -0.2) is 15.0 Å². The van der Waals surface area contributed by atoms with E-state index in [-0.39, 0.29) is 0 Å². The van der Waals surface area contributed by atoms with E-state index in [2.05, 4.69) is 21.0 Å². The molecule has 0 saturated heterocycles. The monoisotopic (exact) mass is 221 g/mol. The van der Waals surface area contributed by atoms with Gasteiger partial charge < -0.3 is 4.98 Å². The third-order valence-corrected chi connectivity index (χ3v) is 3.34. The van der Waals surface area contributed by atoms with Gasteiger partial charge in [0, 0.05) is 5.69 Å². The highest BCUT2D eigenvalue weighted by molar-refractivity contribution is 6.28. The summed E-state index contributed by atoms with van der Waals surface area (Å²) in [6, 6.07) is 2.11. The van der Waals surface area contributed by atoms with Gasteiger partial charge in [0.05, 0.1) is 17.2 Å². The van der Waals surface area contributed by atoms with Gasteiger partial charge in [0.1, 0.15) is 0 Å². The van der Waals surface area contributed by atoms with Gasteiger partial charge in [0.15, 0.2) is 0 Å². The predicted octanol–water partition coefficient (Wildman–Crippen LogP) is 3.27. The van der Waals surface area contributed by atoms with E-state index >= 15 is 0 Å². The van der Waals surface area contributed by atoms with Crippen molar-refractivity contribution in [1.82, 2.24) is 15.0 Å². The highest BCUT2D eigenvalue weighted by Gasteiger charge is 2.19. The molecule has 0 amide bonds. The molecule has 0 spiro atoms. The molecule has 0 unspecified atom stereocenters. The van der Waals surface area contributed by atoms with Crippen LogP contribution in [0.15, 0.2) is 12.3 Å². The Balaban J connectivity index is 2.05. The number of aromatic nitrogens is 3. The highest BCUT2D eigenvalue weighted by atomic mass is 35.5. The lowest BCUT2D eigenvalue weighted by Crippen LogP contribution is -1.90. The number of H-pyrrole nitrogens is 1. The second kappa shape index (κ2) is 3.49. The quantitative estimate of drug-likeness (QED) is 0.751. The summed E-state index contributed by atoms with van der Waals surface area (Å²) in [7, 11) is 0. The van der Waals surface area contributed by atoms with E-state index in [0.717, 1.165) is 11.0 Å². The fraction of sp³-hybridized carbons (Fsp3) is 0.455. The van der Waals surface area contributed by atoms with Gasteiger partial charge in [0.25, 0.3) is 0 Å². The van der Waals surface area contributed by atoms with Crippen molar-refractivity contribution < 1.29 is 0 Å². The van der Waals surface area contributed by atoms with Gasteiger partial charge in [-0.1, -0.05) is 12.8 Å². The van der Waals surface area contributed by atoms with Crippen LogP contribution in [0.3, 0.4) is 0 Å². The average molecular weight is 222 g/mol. The summed E-state index contributed by atoms with van der Waals surface area (Å²) < 4.78 is 0. The second-order valence-electron chi connectivity index (χ2n) is 4.14. The topological polar surface area (TPSA) is 41.6 Å². The van der Waals surface area contributed by atoms with Gasteiger partial charge in [-0.2, -0.15) is 0 Å². The fourth-order valence-electron chi connectivity index (χ4n) is 2.37. The number of rotatable bonds is 1. The van der Waals surface area contributed by atoms with Crippen LogP contribution in [0.4, 0.5) is 0 Å². The van der Waals surface area contributed by atoms with Gasteiger partial charge >= 0.3 is 0 Å². The van der Waals surface area contributed by atoms with Crippen molar-refractivity contribution in [2.75, 3.05) is 0 Å². The largest absolute Gasteiger partial charge is 0.356 e. The van der Waals surface area contributed by atoms with Crippen molar-refractivity contribution in [3.63, 3.8) is 0 Å². The molecule has 2 aromatic rings. The molecule has 2 aromatic heterocycles. The number of halogens is 1. The smallest absolute Gasteiger partial charge is 0.223 e. The van der Waals surface area contributed by atoms with Crippen molar-refractivity contribution >= 4 is 22.6 Å². The Morgan fingerprint density at radius 2 is 2.13 bits per heavy atom. The molecule has 1 saturated carbocycles. The molecule has 0 aromatic carbocycles. The molecule has 3 rings (SSSR count). The van der Waals surface area contributed by atoms with Gasteiger partial charge in [-0.15, -0.1) is 0 Å². The molecule has 1 fully saturated rings. The summed E-state index contributed by atoms with van der Waals surface area (Å²) in [4.78, 5) is 11.5. The minimum atomic E-state index is 0.319. The molecule has 1 aliphatic rings. The van der Waals surface area contributed by atoms with Crippen LogP contribution in [0.1, 0.15) is 37.3 Å². The number of hydrogen-bond acceptors (Lipinski definition) is 2. The SMILES string of the molecule is Clc1ncc2[nH]c(C3CCCC3)cc2n1. The predicted molar refractivity (Wildman–Crippen MR) is 60.1 cm³/mol. The standard InChI is InChI=1S/C11H12ClN3/c12-11-13-6-10-9(15-11)5-8(14-10)7-3-1-2-4-7/h5-7,14H,1-4H2. The fourth-order valence-corrected chi connectivity index (χ4v) is 2.51. The van der Waals surface area contributed by atoms with Gasteiger partial charge in [0.2, 0.25) is 5.28 Å². The van der Waals surface area contributed by atoms with Gasteiger partial charge in [-0.05, 0) is 36.4 Å². The van der Waals surface area contributed by atoms with Crippen LogP contribution in [0.2, 0.25) is 5.28 Å². The first-order valence-corrected chi connectivity index (χ1v) is 5.72. The lowest BCUT2D eigenvalue weighted by molar-refractivity contribution is 0.705. The summed E-state index contributed by atoms with van der Waals surface area (Å²) in [5.74, 6) is 0.679. The number of aromatic amines is 1. The molecule has 15 heavy (non-hydrogen) atoms. The van der Waals surface area contributed by atoms with Crippen LogP contribution in [0.5, 0.6) is 0 Å². The van der Waals surface area contributed by atoms with E-state index in [0.29, 0.717) is 11.2 Å². The molecule has 1 aliphatic carbocycles. The lowest BCUT2D eigenvalue weighted by atomic mass is 10.1. The van der Waals surface area contributed by atoms with Gasteiger partial charge in [-0.25, -0.2) is 9.97 Å². The van der Waals surface area contributed by atoms with Crippen LogP contribution in [-0.2, 0) is 0 Å². The molecular formula is C11H12ClN3. The molecule has 0 radical (unpaired) electrons. The van der Waals surface area contributed by atoms with Crippen molar-refractivity contribution in [2.45, 2.75) is 31.6 Å². The first kappa shape index (κ1) is 9.16. The number of nitrogens with zero attached hydrogens (tertiary/aromatic N) is 2. The van der Waals surface area contributed by atoms with Crippen LogP contribution in [0, 0.1) is 0 Å². The van der Waals surface area contributed by atoms with E-state index in [4.69, 9.17) is 11.6 Å². The van der Waals surface area contributed by atoms with Gasteiger partial charge in [-0.3, -0.25) is 0 Å². The minimum Gasteiger partial charge on any atom is -0.356 e.